The van der Waals surface area contributed by atoms with Crippen molar-refractivity contribution in [1.29, 1.82) is 0 Å². The van der Waals surface area contributed by atoms with Gasteiger partial charge in [-0.3, -0.25) is 14.5 Å². The number of aryl methyl sites for hydroxylation is 1. The number of carbonyl (C=O) groups excluding carboxylic acids is 1. The zero-order chi connectivity index (χ0) is 19.2. The first-order chi connectivity index (χ1) is 13.1. The Morgan fingerprint density at radius 2 is 2.26 bits per heavy atom. The average Bonchev–Trinajstić information content (AvgIpc) is 3.30. The van der Waals surface area contributed by atoms with Gasteiger partial charge in [-0.05, 0) is 48.6 Å². The number of thiophene rings is 1. The van der Waals surface area contributed by atoms with Crippen LogP contribution in [-0.4, -0.2) is 34.3 Å². The van der Waals surface area contributed by atoms with Gasteiger partial charge in [-0.25, -0.2) is 0 Å². The third kappa shape index (κ3) is 4.84. The topological polar surface area (TPSA) is 71.9 Å². The molecule has 0 spiro atoms. The largest absolute Gasteiger partial charge is 0.496 e. The average molecular weight is 403 g/mol. The molecule has 3 aromatic rings. The van der Waals surface area contributed by atoms with E-state index in [1.165, 1.54) is 5.56 Å². The van der Waals surface area contributed by atoms with E-state index < -0.39 is 0 Å². The Morgan fingerprint density at radius 3 is 3.00 bits per heavy atom. The van der Waals surface area contributed by atoms with E-state index in [0.29, 0.717) is 24.3 Å². The summed E-state index contributed by atoms with van der Waals surface area (Å²) >= 11 is 6.89. The molecule has 0 saturated heterocycles. The van der Waals surface area contributed by atoms with Crippen LogP contribution in [0, 0.1) is 11.7 Å². The van der Waals surface area contributed by atoms with Crippen molar-refractivity contribution in [1.82, 2.24) is 20.1 Å². The third-order valence-electron chi connectivity index (χ3n) is 4.21. The number of nitrogens with zero attached hydrogens (tertiary/aromatic N) is 2. The maximum absolute atomic E-state index is 12.2. The fraction of sp³-hybridized carbons (Fsp3) is 0.316. The van der Waals surface area contributed by atoms with Crippen LogP contribution in [0.1, 0.15) is 17.5 Å². The zero-order valence-corrected chi connectivity index (χ0v) is 17.0. The summed E-state index contributed by atoms with van der Waals surface area (Å²) in [5, 5.41) is 12.0. The molecule has 0 unspecified atom stereocenters. The standard InChI is InChI=1S/C19H22N4O2S2/c1-13-5-6-15(25-2)14(12-13)7-9-20-17(24)8-10-23-18(21-22-19(23)26)16-4-3-11-27-16/h3-6,11-12H,7-10H2,1-2H3,(H,20,24)(H,22,26). The molecule has 6 nitrogen and oxygen atoms in total. The molecule has 0 saturated carbocycles. The van der Waals surface area contributed by atoms with Crippen LogP contribution in [0.25, 0.3) is 10.7 Å². The molecule has 2 aromatic heterocycles. The molecule has 27 heavy (non-hydrogen) atoms. The molecule has 8 heteroatoms. The van der Waals surface area contributed by atoms with Crippen LogP contribution in [-0.2, 0) is 17.8 Å². The van der Waals surface area contributed by atoms with Gasteiger partial charge in [-0.15, -0.1) is 11.3 Å². The highest BCUT2D eigenvalue weighted by atomic mass is 32.1. The van der Waals surface area contributed by atoms with Gasteiger partial charge in [0.15, 0.2) is 10.6 Å². The number of aromatic amines is 1. The van der Waals surface area contributed by atoms with Crippen LogP contribution < -0.4 is 10.1 Å². The first-order valence-electron chi connectivity index (χ1n) is 8.68. The molecular weight excluding hydrogens is 380 g/mol. The van der Waals surface area contributed by atoms with Gasteiger partial charge in [-0.2, -0.15) is 5.10 Å². The summed E-state index contributed by atoms with van der Waals surface area (Å²) in [4.78, 5) is 13.3. The summed E-state index contributed by atoms with van der Waals surface area (Å²) in [6.45, 7) is 3.09. The molecule has 0 atom stereocenters. The van der Waals surface area contributed by atoms with E-state index in [9.17, 15) is 4.79 Å². The highest BCUT2D eigenvalue weighted by Gasteiger charge is 2.11. The number of amides is 1. The number of benzene rings is 1. The molecule has 142 valence electrons. The lowest BCUT2D eigenvalue weighted by Gasteiger charge is -2.11. The SMILES string of the molecule is COc1ccc(C)cc1CCNC(=O)CCn1c(-c2cccs2)n[nH]c1=S. The maximum atomic E-state index is 12.2. The van der Waals surface area contributed by atoms with Crippen molar-refractivity contribution in [3.05, 3.63) is 51.6 Å². The van der Waals surface area contributed by atoms with Gasteiger partial charge >= 0.3 is 0 Å². The molecule has 2 N–H and O–H groups in total. The summed E-state index contributed by atoms with van der Waals surface area (Å²) in [5.41, 5.74) is 2.27. The Labute approximate surface area is 167 Å². The Bertz CT molecular complexity index is 961. The van der Waals surface area contributed by atoms with Crippen LogP contribution in [0.5, 0.6) is 5.75 Å². The van der Waals surface area contributed by atoms with Crippen molar-refractivity contribution in [3.8, 4) is 16.5 Å². The predicted molar refractivity (Wildman–Crippen MR) is 110 cm³/mol. The van der Waals surface area contributed by atoms with Gasteiger partial charge in [0.1, 0.15) is 5.75 Å². The smallest absolute Gasteiger partial charge is 0.221 e. The number of H-pyrrole nitrogens is 1. The third-order valence-corrected chi connectivity index (χ3v) is 5.39. The second kappa shape index (κ2) is 8.96. The lowest BCUT2D eigenvalue weighted by atomic mass is 10.1. The maximum Gasteiger partial charge on any atom is 0.221 e. The van der Waals surface area contributed by atoms with Crippen LogP contribution in [0.4, 0.5) is 0 Å². The monoisotopic (exact) mass is 402 g/mol. The highest BCUT2D eigenvalue weighted by Crippen LogP contribution is 2.23. The van der Waals surface area contributed by atoms with E-state index in [4.69, 9.17) is 17.0 Å². The molecule has 3 rings (SSSR count). The van der Waals surface area contributed by atoms with Crippen LogP contribution in [0.2, 0.25) is 0 Å². The number of aromatic nitrogens is 3. The summed E-state index contributed by atoms with van der Waals surface area (Å²) in [6.07, 6.45) is 1.07. The first-order valence-corrected chi connectivity index (χ1v) is 9.96. The lowest BCUT2D eigenvalue weighted by molar-refractivity contribution is -0.121. The molecule has 0 aliphatic rings. The first kappa shape index (κ1) is 19.3. The van der Waals surface area contributed by atoms with Gasteiger partial charge in [0, 0.05) is 19.5 Å². The van der Waals surface area contributed by atoms with Crippen LogP contribution in [0.3, 0.4) is 0 Å². The fourth-order valence-corrected chi connectivity index (χ4v) is 3.81. The summed E-state index contributed by atoms with van der Waals surface area (Å²) in [7, 11) is 1.66. The van der Waals surface area contributed by atoms with Gasteiger partial charge in [-0.1, -0.05) is 23.8 Å². The molecule has 2 heterocycles. The van der Waals surface area contributed by atoms with Crippen molar-refractivity contribution >= 4 is 29.5 Å². The van der Waals surface area contributed by atoms with Gasteiger partial charge in [0.05, 0.1) is 12.0 Å². The molecule has 0 fully saturated rings. The fourth-order valence-electron chi connectivity index (χ4n) is 2.86. The predicted octanol–water partition coefficient (Wildman–Crippen LogP) is 3.74. The van der Waals surface area contributed by atoms with Crippen molar-refractivity contribution in [2.75, 3.05) is 13.7 Å². The van der Waals surface area contributed by atoms with Crippen molar-refractivity contribution < 1.29 is 9.53 Å². The Morgan fingerprint density at radius 1 is 1.41 bits per heavy atom. The highest BCUT2D eigenvalue weighted by molar-refractivity contribution is 7.71. The zero-order valence-electron chi connectivity index (χ0n) is 15.3. The van der Waals surface area contributed by atoms with Crippen LogP contribution in [0.15, 0.2) is 35.7 Å². The number of ether oxygens (including phenoxy) is 1. The molecular formula is C19H22N4O2S2. The quantitative estimate of drug-likeness (QED) is 0.563. The van der Waals surface area contributed by atoms with E-state index in [1.54, 1.807) is 18.4 Å². The van der Waals surface area contributed by atoms with E-state index in [2.05, 4.69) is 21.6 Å². The minimum atomic E-state index is -0.0122. The van der Waals surface area contributed by atoms with Gasteiger partial charge < -0.3 is 10.1 Å². The number of hydrogen-bond donors (Lipinski definition) is 2. The normalized spacial score (nSPS) is 10.7. The molecule has 0 bridgehead atoms. The Balaban J connectivity index is 1.53. The summed E-state index contributed by atoms with van der Waals surface area (Å²) in [6, 6.07) is 10.0. The number of nitrogens with one attached hydrogen (secondary N) is 2. The second-order valence-electron chi connectivity index (χ2n) is 6.15. The van der Waals surface area contributed by atoms with E-state index >= 15 is 0 Å². The number of carbonyl (C=O) groups is 1. The van der Waals surface area contributed by atoms with Crippen molar-refractivity contribution in [2.45, 2.75) is 26.3 Å². The van der Waals surface area contributed by atoms with Crippen molar-refractivity contribution in [2.24, 2.45) is 0 Å². The Kier molecular flexibility index (Phi) is 6.41. The lowest BCUT2D eigenvalue weighted by Crippen LogP contribution is -2.26. The number of methoxy groups -OCH3 is 1. The van der Waals surface area contributed by atoms with Gasteiger partial charge in [0.2, 0.25) is 5.91 Å². The van der Waals surface area contributed by atoms with E-state index in [0.717, 1.165) is 28.4 Å². The van der Waals surface area contributed by atoms with Crippen LogP contribution >= 0.6 is 23.6 Å². The second-order valence-corrected chi connectivity index (χ2v) is 7.48. The van der Waals surface area contributed by atoms with E-state index in [-0.39, 0.29) is 5.91 Å². The van der Waals surface area contributed by atoms with Crippen molar-refractivity contribution in [3.63, 3.8) is 0 Å². The molecule has 0 aliphatic heterocycles. The van der Waals surface area contributed by atoms with Gasteiger partial charge in [0.25, 0.3) is 0 Å². The molecule has 0 radical (unpaired) electrons. The number of rotatable bonds is 8. The molecule has 1 amide bonds. The minimum absolute atomic E-state index is 0.0122. The Hall–Kier alpha value is -2.45. The molecule has 0 aliphatic carbocycles. The summed E-state index contributed by atoms with van der Waals surface area (Å²) in [5.74, 6) is 1.61. The molecule has 1 aromatic carbocycles. The number of hydrogen-bond acceptors (Lipinski definition) is 5. The summed E-state index contributed by atoms with van der Waals surface area (Å²) < 4.78 is 7.77. The van der Waals surface area contributed by atoms with E-state index in [1.807, 2.05) is 41.1 Å². The minimum Gasteiger partial charge on any atom is -0.496 e.